The second kappa shape index (κ2) is 10.5. The lowest BCUT2D eigenvalue weighted by Crippen LogP contribution is -2.32. The number of rotatable bonds is 8. The first-order chi connectivity index (χ1) is 17.3. The Morgan fingerprint density at radius 1 is 0.889 bits per heavy atom. The van der Waals surface area contributed by atoms with Crippen molar-refractivity contribution in [2.45, 2.75) is 13.8 Å². The highest BCUT2D eigenvalue weighted by atomic mass is 35.5. The maximum absolute atomic E-state index is 13.0. The summed E-state index contributed by atoms with van der Waals surface area (Å²) in [5, 5.41) is 5.38. The first-order valence-corrected chi connectivity index (χ1v) is 11.5. The number of imide groups is 1. The predicted octanol–water partition coefficient (Wildman–Crippen LogP) is 4.98. The second-order valence-corrected chi connectivity index (χ2v) is 8.23. The fraction of sp³-hybridized carbons (Fsp3) is 0.111. The summed E-state index contributed by atoms with van der Waals surface area (Å²) in [5.41, 5.74) is 2.04. The summed E-state index contributed by atoms with van der Waals surface area (Å²) in [6.45, 7) is 3.81. The molecule has 0 radical (unpaired) electrons. The van der Waals surface area contributed by atoms with Crippen LogP contribution < -0.4 is 20.3 Å². The van der Waals surface area contributed by atoms with Gasteiger partial charge in [-0.05, 0) is 80.6 Å². The molecule has 1 heterocycles. The number of carbonyl (C=O) groups excluding carboxylic acids is 4. The maximum atomic E-state index is 13.0. The van der Waals surface area contributed by atoms with Gasteiger partial charge in [0.15, 0.2) is 5.78 Å². The van der Waals surface area contributed by atoms with Crippen LogP contribution in [-0.4, -0.2) is 30.1 Å². The van der Waals surface area contributed by atoms with Crippen LogP contribution in [0.15, 0.2) is 83.5 Å². The summed E-state index contributed by atoms with van der Waals surface area (Å²) in [4.78, 5) is 50.9. The summed E-state index contributed by atoms with van der Waals surface area (Å²) in [6, 6.07) is 19.5. The fourth-order valence-electron chi connectivity index (χ4n) is 3.58. The Balaban J connectivity index is 1.49. The standard InChI is InChI=1S/C27H22ClN3O5/c1-3-36-22-13-11-21(12-14-22)31-26(34)23(28)24(27(31)35)29-20-6-4-5-18(15-20)25(33)30-19-9-7-17(8-10-19)16(2)32/h4-15,29H,3H2,1-2H3,(H,30,33). The van der Waals surface area contributed by atoms with E-state index in [9.17, 15) is 19.2 Å². The van der Waals surface area contributed by atoms with E-state index in [1.807, 2.05) is 6.92 Å². The number of anilines is 3. The van der Waals surface area contributed by atoms with E-state index < -0.39 is 11.8 Å². The highest BCUT2D eigenvalue weighted by Crippen LogP contribution is 2.31. The average Bonchev–Trinajstić information content (AvgIpc) is 3.08. The molecule has 8 nitrogen and oxygen atoms in total. The van der Waals surface area contributed by atoms with Crippen LogP contribution in [0.5, 0.6) is 5.75 Å². The molecular formula is C27H22ClN3O5. The van der Waals surface area contributed by atoms with E-state index in [1.165, 1.54) is 13.0 Å². The second-order valence-electron chi connectivity index (χ2n) is 7.86. The lowest BCUT2D eigenvalue weighted by atomic mass is 10.1. The summed E-state index contributed by atoms with van der Waals surface area (Å²) in [6.07, 6.45) is 0. The van der Waals surface area contributed by atoms with Crippen LogP contribution in [0.1, 0.15) is 34.6 Å². The minimum atomic E-state index is -0.656. The van der Waals surface area contributed by atoms with Gasteiger partial charge in [0.25, 0.3) is 17.7 Å². The molecule has 1 aliphatic rings. The Labute approximate surface area is 212 Å². The number of ketones is 1. The Bertz CT molecular complexity index is 1380. The van der Waals surface area contributed by atoms with Crippen molar-refractivity contribution in [2.24, 2.45) is 0 Å². The minimum absolute atomic E-state index is 0.0688. The fourth-order valence-corrected chi connectivity index (χ4v) is 3.79. The van der Waals surface area contributed by atoms with Crippen LogP contribution in [0.3, 0.4) is 0 Å². The van der Waals surface area contributed by atoms with Crippen LogP contribution in [0.4, 0.5) is 17.1 Å². The van der Waals surface area contributed by atoms with Crippen molar-refractivity contribution in [2.75, 3.05) is 22.1 Å². The van der Waals surface area contributed by atoms with Crippen LogP contribution in [-0.2, 0) is 9.59 Å². The monoisotopic (exact) mass is 503 g/mol. The number of ether oxygens (including phenoxy) is 1. The predicted molar refractivity (Wildman–Crippen MR) is 137 cm³/mol. The minimum Gasteiger partial charge on any atom is -0.494 e. The lowest BCUT2D eigenvalue weighted by Gasteiger charge is -2.16. The van der Waals surface area contributed by atoms with Crippen LogP contribution in [0.2, 0.25) is 0 Å². The lowest BCUT2D eigenvalue weighted by molar-refractivity contribution is -0.120. The molecule has 0 saturated heterocycles. The molecule has 182 valence electrons. The quantitative estimate of drug-likeness (QED) is 0.332. The van der Waals surface area contributed by atoms with Crippen molar-refractivity contribution in [1.82, 2.24) is 0 Å². The van der Waals surface area contributed by atoms with Gasteiger partial charge >= 0.3 is 0 Å². The number of benzene rings is 3. The third-order valence-corrected chi connectivity index (χ3v) is 5.73. The first kappa shape index (κ1) is 24.7. The van der Waals surface area contributed by atoms with E-state index in [2.05, 4.69) is 10.6 Å². The van der Waals surface area contributed by atoms with E-state index in [1.54, 1.807) is 66.7 Å². The van der Waals surface area contributed by atoms with Gasteiger partial charge < -0.3 is 15.4 Å². The van der Waals surface area contributed by atoms with Gasteiger partial charge in [-0.3, -0.25) is 19.2 Å². The van der Waals surface area contributed by atoms with E-state index in [-0.39, 0.29) is 22.4 Å². The zero-order valence-electron chi connectivity index (χ0n) is 19.5. The van der Waals surface area contributed by atoms with Gasteiger partial charge in [0.1, 0.15) is 16.5 Å². The van der Waals surface area contributed by atoms with Crippen LogP contribution in [0.25, 0.3) is 0 Å². The number of nitrogens with one attached hydrogen (secondary N) is 2. The number of halogens is 1. The number of amides is 3. The zero-order chi connectivity index (χ0) is 25.8. The van der Waals surface area contributed by atoms with Crippen molar-refractivity contribution >= 4 is 52.2 Å². The van der Waals surface area contributed by atoms with Crippen molar-refractivity contribution < 1.29 is 23.9 Å². The third-order valence-electron chi connectivity index (χ3n) is 5.38. The average molecular weight is 504 g/mol. The molecule has 36 heavy (non-hydrogen) atoms. The molecule has 0 bridgehead atoms. The van der Waals surface area contributed by atoms with Gasteiger partial charge in [-0.2, -0.15) is 0 Å². The Kier molecular flexibility index (Phi) is 7.17. The molecule has 0 fully saturated rings. The number of hydrogen-bond acceptors (Lipinski definition) is 6. The zero-order valence-corrected chi connectivity index (χ0v) is 20.3. The van der Waals surface area contributed by atoms with Gasteiger partial charge in [0, 0.05) is 22.5 Å². The molecule has 3 aromatic carbocycles. The summed E-state index contributed by atoms with van der Waals surface area (Å²) >= 11 is 6.22. The summed E-state index contributed by atoms with van der Waals surface area (Å²) in [5.74, 6) is -1.12. The normalized spacial score (nSPS) is 13.1. The smallest absolute Gasteiger partial charge is 0.283 e. The number of hydrogen-bond donors (Lipinski definition) is 2. The van der Waals surface area contributed by atoms with Crippen molar-refractivity contribution in [1.29, 1.82) is 0 Å². The molecule has 0 aromatic heterocycles. The molecule has 0 atom stereocenters. The summed E-state index contributed by atoms with van der Waals surface area (Å²) < 4.78 is 5.40. The molecule has 1 aliphatic heterocycles. The molecule has 0 saturated carbocycles. The Morgan fingerprint density at radius 2 is 1.58 bits per heavy atom. The molecule has 2 N–H and O–H groups in total. The molecular weight excluding hydrogens is 482 g/mol. The van der Waals surface area contributed by atoms with Crippen molar-refractivity contribution in [3.8, 4) is 5.75 Å². The highest BCUT2D eigenvalue weighted by Gasteiger charge is 2.39. The SMILES string of the molecule is CCOc1ccc(N2C(=O)C(Cl)=C(Nc3cccc(C(=O)Nc4ccc(C(C)=O)cc4)c3)C2=O)cc1. The molecule has 9 heteroatoms. The molecule has 0 unspecified atom stereocenters. The Hall–Kier alpha value is -4.43. The maximum Gasteiger partial charge on any atom is 0.283 e. The van der Waals surface area contributed by atoms with Gasteiger partial charge in [-0.15, -0.1) is 0 Å². The highest BCUT2D eigenvalue weighted by molar-refractivity contribution is 6.53. The van der Waals surface area contributed by atoms with Gasteiger partial charge in [0.05, 0.1) is 12.3 Å². The Morgan fingerprint density at radius 3 is 2.22 bits per heavy atom. The molecule has 0 aliphatic carbocycles. The topological polar surface area (TPSA) is 105 Å². The first-order valence-electron chi connectivity index (χ1n) is 11.1. The van der Waals surface area contributed by atoms with E-state index in [0.717, 1.165) is 4.90 Å². The third kappa shape index (κ3) is 5.13. The van der Waals surface area contributed by atoms with Gasteiger partial charge in [-0.1, -0.05) is 17.7 Å². The number of Topliss-reactive ketones (excluding diaryl/α,β-unsaturated/α-hetero) is 1. The molecule has 0 spiro atoms. The van der Waals surface area contributed by atoms with Crippen LogP contribution >= 0.6 is 11.6 Å². The summed E-state index contributed by atoms with van der Waals surface area (Å²) in [7, 11) is 0. The van der Waals surface area contributed by atoms with E-state index in [4.69, 9.17) is 16.3 Å². The number of carbonyl (C=O) groups is 4. The van der Waals surface area contributed by atoms with Gasteiger partial charge in [-0.25, -0.2) is 4.90 Å². The number of nitrogens with zero attached hydrogens (tertiary/aromatic N) is 1. The largest absolute Gasteiger partial charge is 0.494 e. The molecule has 3 aromatic rings. The van der Waals surface area contributed by atoms with Crippen molar-refractivity contribution in [3.05, 3.63) is 94.7 Å². The van der Waals surface area contributed by atoms with E-state index in [0.29, 0.717) is 40.5 Å². The molecule has 4 rings (SSSR count). The van der Waals surface area contributed by atoms with Crippen molar-refractivity contribution in [3.63, 3.8) is 0 Å². The van der Waals surface area contributed by atoms with Gasteiger partial charge in [0.2, 0.25) is 0 Å². The van der Waals surface area contributed by atoms with Crippen LogP contribution in [0, 0.1) is 0 Å². The van der Waals surface area contributed by atoms with E-state index >= 15 is 0 Å². The molecule has 3 amide bonds.